The van der Waals surface area contributed by atoms with E-state index < -0.39 is 37.1 Å². The monoisotopic (exact) mass is 389 g/mol. The van der Waals surface area contributed by atoms with Gasteiger partial charge >= 0.3 is 0 Å². The first-order valence-corrected chi connectivity index (χ1v) is 11.8. The predicted molar refractivity (Wildman–Crippen MR) is 94.1 cm³/mol. The maximum Gasteiger partial charge on any atom is 0.252 e. The Morgan fingerprint density at radius 3 is 2.48 bits per heavy atom. The Morgan fingerprint density at radius 2 is 1.84 bits per heavy atom. The molecular formula is C16H23NO6S2. The Hall–Kier alpha value is -1.45. The molecule has 0 bridgehead atoms. The molecule has 1 aromatic rings. The molecule has 0 spiro atoms. The normalized spacial score (nSPS) is 15.1. The summed E-state index contributed by atoms with van der Waals surface area (Å²) in [6, 6.07) is 5.79. The lowest BCUT2D eigenvalue weighted by atomic mass is 10.2. The molecule has 1 aliphatic carbocycles. The summed E-state index contributed by atoms with van der Waals surface area (Å²) >= 11 is 0. The highest BCUT2D eigenvalue weighted by molar-refractivity contribution is 7.94. The first-order chi connectivity index (χ1) is 11.7. The van der Waals surface area contributed by atoms with E-state index in [1.54, 1.807) is 6.07 Å². The number of carbonyl (C=O) groups is 1. The van der Waals surface area contributed by atoms with Crippen LogP contribution in [0.2, 0.25) is 0 Å². The number of sulfone groups is 2. The molecule has 25 heavy (non-hydrogen) atoms. The van der Waals surface area contributed by atoms with Crippen molar-refractivity contribution in [3.8, 4) is 0 Å². The van der Waals surface area contributed by atoms with Crippen molar-refractivity contribution >= 4 is 25.6 Å². The second kappa shape index (κ2) is 8.29. The number of ether oxygens (including phenoxy) is 1. The lowest BCUT2D eigenvalue weighted by Crippen LogP contribution is -2.29. The van der Waals surface area contributed by atoms with Gasteiger partial charge in [0.25, 0.3) is 5.91 Å². The van der Waals surface area contributed by atoms with Gasteiger partial charge in [0.15, 0.2) is 9.84 Å². The zero-order valence-corrected chi connectivity index (χ0v) is 15.7. The SMILES string of the molecule is CS(=O)(=O)CCS(=O)(=O)c1ccccc1C(=O)NCCOCC1CC1. The van der Waals surface area contributed by atoms with Gasteiger partial charge in [0, 0.05) is 19.4 Å². The Labute approximate surface area is 148 Å². The molecule has 9 heteroatoms. The van der Waals surface area contributed by atoms with Gasteiger partial charge in [-0.25, -0.2) is 16.8 Å². The summed E-state index contributed by atoms with van der Waals surface area (Å²) in [5.41, 5.74) is 0.0122. The Morgan fingerprint density at radius 1 is 1.16 bits per heavy atom. The number of hydrogen-bond donors (Lipinski definition) is 1. The van der Waals surface area contributed by atoms with E-state index in [1.165, 1.54) is 31.0 Å². The highest BCUT2D eigenvalue weighted by Gasteiger charge is 2.24. The van der Waals surface area contributed by atoms with Crippen LogP contribution in [0, 0.1) is 5.92 Å². The average Bonchev–Trinajstić information content (AvgIpc) is 3.36. The fourth-order valence-corrected chi connectivity index (χ4v) is 5.25. The lowest BCUT2D eigenvalue weighted by molar-refractivity contribution is 0.0903. The Bertz CT molecular complexity index is 813. The molecule has 0 atom stereocenters. The summed E-state index contributed by atoms with van der Waals surface area (Å²) in [6.45, 7) is 1.33. The summed E-state index contributed by atoms with van der Waals surface area (Å²) in [5, 5.41) is 2.63. The van der Waals surface area contributed by atoms with Crippen LogP contribution in [0.4, 0.5) is 0 Å². The fraction of sp³-hybridized carbons (Fsp3) is 0.562. The van der Waals surface area contributed by atoms with Crippen LogP contribution in [0.5, 0.6) is 0 Å². The zero-order valence-electron chi connectivity index (χ0n) is 14.1. The van der Waals surface area contributed by atoms with Gasteiger partial charge in [-0.05, 0) is 30.9 Å². The first kappa shape index (κ1) is 19.9. The second-order valence-electron chi connectivity index (χ2n) is 6.22. The van der Waals surface area contributed by atoms with Crippen molar-refractivity contribution in [2.45, 2.75) is 17.7 Å². The molecule has 1 aromatic carbocycles. The van der Waals surface area contributed by atoms with Gasteiger partial charge in [0.1, 0.15) is 9.84 Å². The van der Waals surface area contributed by atoms with Crippen LogP contribution in [0.25, 0.3) is 0 Å². The number of amides is 1. The molecule has 1 aliphatic rings. The van der Waals surface area contributed by atoms with Crippen LogP contribution in [-0.4, -0.2) is 60.3 Å². The fourth-order valence-electron chi connectivity index (χ4n) is 2.16. The molecule has 0 unspecified atom stereocenters. The minimum absolute atomic E-state index is 0.0122. The third-order valence-electron chi connectivity index (χ3n) is 3.77. The molecule has 7 nitrogen and oxygen atoms in total. The molecule has 2 rings (SSSR count). The maximum atomic E-state index is 12.4. The molecule has 1 amide bonds. The van der Waals surface area contributed by atoms with E-state index in [2.05, 4.69) is 5.32 Å². The second-order valence-corrected chi connectivity index (χ2v) is 10.6. The zero-order chi connectivity index (χ0) is 18.5. The smallest absolute Gasteiger partial charge is 0.252 e. The van der Waals surface area contributed by atoms with Crippen LogP contribution >= 0.6 is 0 Å². The minimum Gasteiger partial charge on any atom is -0.379 e. The van der Waals surface area contributed by atoms with Gasteiger partial charge in [0.2, 0.25) is 0 Å². The molecule has 0 aromatic heterocycles. The molecule has 1 N–H and O–H groups in total. The molecule has 0 saturated heterocycles. The summed E-state index contributed by atoms with van der Waals surface area (Å²) in [5.74, 6) is -0.925. The van der Waals surface area contributed by atoms with Gasteiger partial charge in [-0.15, -0.1) is 0 Å². The van der Waals surface area contributed by atoms with E-state index >= 15 is 0 Å². The van der Waals surface area contributed by atoms with E-state index in [1.807, 2.05) is 0 Å². The van der Waals surface area contributed by atoms with E-state index in [4.69, 9.17) is 4.74 Å². The third-order valence-corrected chi connectivity index (χ3v) is 6.74. The van der Waals surface area contributed by atoms with Gasteiger partial charge in [-0.2, -0.15) is 0 Å². The summed E-state index contributed by atoms with van der Waals surface area (Å²) in [6.07, 6.45) is 3.35. The van der Waals surface area contributed by atoms with Crippen LogP contribution in [0.15, 0.2) is 29.2 Å². The quantitative estimate of drug-likeness (QED) is 0.589. The Balaban J connectivity index is 1.99. The van der Waals surface area contributed by atoms with Crippen LogP contribution in [-0.2, 0) is 24.4 Å². The van der Waals surface area contributed by atoms with E-state index in [0.717, 1.165) is 6.26 Å². The number of benzene rings is 1. The maximum absolute atomic E-state index is 12.4. The minimum atomic E-state index is -3.88. The van der Waals surface area contributed by atoms with Crippen molar-refractivity contribution in [1.82, 2.24) is 5.32 Å². The summed E-state index contributed by atoms with van der Waals surface area (Å²) in [4.78, 5) is 12.1. The van der Waals surface area contributed by atoms with Crippen molar-refractivity contribution in [1.29, 1.82) is 0 Å². The third kappa shape index (κ3) is 6.75. The summed E-state index contributed by atoms with van der Waals surface area (Å²) in [7, 11) is -7.30. The van der Waals surface area contributed by atoms with Gasteiger partial charge < -0.3 is 10.1 Å². The number of rotatable bonds is 10. The lowest BCUT2D eigenvalue weighted by Gasteiger charge is -2.11. The topological polar surface area (TPSA) is 107 Å². The van der Waals surface area contributed by atoms with Crippen molar-refractivity contribution in [3.63, 3.8) is 0 Å². The number of nitrogens with one attached hydrogen (secondary N) is 1. The molecule has 0 radical (unpaired) electrons. The van der Waals surface area contributed by atoms with Gasteiger partial charge in [-0.1, -0.05) is 12.1 Å². The van der Waals surface area contributed by atoms with Crippen LogP contribution in [0.1, 0.15) is 23.2 Å². The van der Waals surface area contributed by atoms with Crippen LogP contribution in [0.3, 0.4) is 0 Å². The predicted octanol–water partition coefficient (Wildman–Crippen LogP) is 0.661. The average molecular weight is 389 g/mol. The van der Waals surface area contributed by atoms with Gasteiger partial charge in [0.05, 0.1) is 28.6 Å². The Kier molecular flexibility index (Phi) is 6.59. The molecule has 0 aliphatic heterocycles. The standard InChI is InChI=1S/C16H23NO6S2/c1-24(19,20)10-11-25(21,22)15-5-3-2-4-14(15)16(18)17-8-9-23-12-13-6-7-13/h2-5,13H,6-12H2,1H3,(H,17,18). The van der Waals surface area contributed by atoms with Crippen molar-refractivity contribution in [2.75, 3.05) is 37.5 Å². The molecule has 1 saturated carbocycles. The van der Waals surface area contributed by atoms with Gasteiger partial charge in [-0.3, -0.25) is 4.79 Å². The van der Waals surface area contributed by atoms with Crippen molar-refractivity contribution in [3.05, 3.63) is 29.8 Å². The van der Waals surface area contributed by atoms with Crippen LogP contribution < -0.4 is 5.32 Å². The van der Waals surface area contributed by atoms with E-state index in [9.17, 15) is 21.6 Å². The highest BCUT2D eigenvalue weighted by atomic mass is 32.2. The molecule has 140 valence electrons. The van der Waals surface area contributed by atoms with Crippen molar-refractivity contribution < 1.29 is 26.4 Å². The van der Waals surface area contributed by atoms with E-state index in [0.29, 0.717) is 19.1 Å². The molecule has 0 heterocycles. The number of carbonyl (C=O) groups excluding carboxylic acids is 1. The number of hydrogen-bond acceptors (Lipinski definition) is 6. The summed E-state index contributed by atoms with van der Waals surface area (Å²) < 4.78 is 52.7. The van der Waals surface area contributed by atoms with E-state index in [-0.39, 0.29) is 17.0 Å². The largest absolute Gasteiger partial charge is 0.379 e. The highest BCUT2D eigenvalue weighted by Crippen LogP contribution is 2.28. The van der Waals surface area contributed by atoms with Crippen molar-refractivity contribution in [2.24, 2.45) is 5.92 Å². The first-order valence-electron chi connectivity index (χ1n) is 8.04. The molecule has 1 fully saturated rings. The molecular weight excluding hydrogens is 366 g/mol.